The van der Waals surface area contributed by atoms with Crippen LogP contribution in [0.5, 0.6) is 0 Å². The summed E-state index contributed by atoms with van der Waals surface area (Å²) in [6.45, 7) is 1.97. The van der Waals surface area contributed by atoms with E-state index in [4.69, 9.17) is 10.00 Å². The van der Waals surface area contributed by atoms with Crippen LogP contribution in [0.15, 0.2) is 35.2 Å². The number of hydrogen-bond donors (Lipinski definition) is 0. The Labute approximate surface area is 120 Å². The van der Waals surface area contributed by atoms with Gasteiger partial charge in [-0.3, -0.25) is 0 Å². The molecule has 2 rings (SSSR count). The van der Waals surface area contributed by atoms with E-state index in [1.165, 1.54) is 17.4 Å². The van der Waals surface area contributed by atoms with Crippen molar-refractivity contribution in [1.29, 1.82) is 5.26 Å². The lowest BCUT2D eigenvalue weighted by Crippen LogP contribution is -2.05. The molecule has 19 heavy (non-hydrogen) atoms. The lowest BCUT2D eigenvalue weighted by molar-refractivity contribution is -0.137. The van der Waals surface area contributed by atoms with Gasteiger partial charge in [-0.25, -0.2) is 4.79 Å². The van der Waals surface area contributed by atoms with Crippen LogP contribution in [0.1, 0.15) is 11.8 Å². The minimum atomic E-state index is -0.580. The quantitative estimate of drug-likeness (QED) is 0.493. The zero-order chi connectivity index (χ0) is 13.9. The van der Waals surface area contributed by atoms with Crippen molar-refractivity contribution in [3.05, 3.63) is 50.9 Å². The molecule has 0 spiro atoms. The Bertz CT molecular complexity index is 519. The van der Waals surface area contributed by atoms with E-state index in [9.17, 15) is 4.79 Å². The smallest absolute Gasteiger partial charge is 0.348 e. The minimum absolute atomic E-state index is 0.0164. The third-order valence-corrected chi connectivity index (χ3v) is 3.08. The number of nitriles is 1. The Morgan fingerprint density at radius 2 is 2.37 bits per heavy atom. The highest BCUT2D eigenvalue weighted by Crippen LogP contribution is 2.13. The van der Waals surface area contributed by atoms with Gasteiger partial charge in [0.2, 0.25) is 0 Å². The van der Waals surface area contributed by atoms with Crippen molar-refractivity contribution in [2.24, 2.45) is 0 Å². The van der Waals surface area contributed by atoms with Crippen molar-refractivity contribution in [2.75, 3.05) is 6.61 Å². The van der Waals surface area contributed by atoms with Crippen molar-refractivity contribution in [3.8, 4) is 6.07 Å². The molecule has 0 aliphatic heterocycles. The van der Waals surface area contributed by atoms with Gasteiger partial charge < -0.3 is 4.74 Å². The van der Waals surface area contributed by atoms with Crippen molar-refractivity contribution in [2.45, 2.75) is 6.92 Å². The maximum atomic E-state index is 11.2. The highest BCUT2D eigenvalue weighted by Gasteiger charge is 2.09. The molecule has 2 aromatic heterocycles. The minimum Gasteiger partial charge on any atom is -0.462 e. The first-order valence-electron chi connectivity index (χ1n) is 5.42. The highest BCUT2D eigenvalue weighted by atomic mass is 32.1. The van der Waals surface area contributed by atoms with Gasteiger partial charge in [0.05, 0.1) is 6.61 Å². The molecule has 0 saturated carbocycles. The zero-order valence-corrected chi connectivity index (χ0v) is 11.9. The number of hydrogen-bond acceptors (Lipinski definition) is 5. The third kappa shape index (κ3) is 6.00. The van der Waals surface area contributed by atoms with Gasteiger partial charge in [-0.15, -0.1) is 22.7 Å². The molecule has 0 bridgehead atoms. The molecule has 3 nitrogen and oxygen atoms in total. The molecular weight excluding hydrogens is 278 g/mol. The summed E-state index contributed by atoms with van der Waals surface area (Å²) in [5.74, 6) is -0.580. The third-order valence-electron chi connectivity index (χ3n) is 1.77. The molecule has 0 saturated heterocycles. The molecule has 0 aliphatic carbocycles. The normalized spacial score (nSPS) is 10.0. The molecule has 2 aromatic rings. The van der Waals surface area contributed by atoms with E-state index < -0.39 is 5.97 Å². The van der Waals surface area contributed by atoms with Crippen LogP contribution in [0.25, 0.3) is 6.08 Å². The second kappa shape index (κ2) is 9.09. The van der Waals surface area contributed by atoms with Crippen molar-refractivity contribution < 1.29 is 9.53 Å². The highest BCUT2D eigenvalue weighted by molar-refractivity contribution is 7.10. The predicted octanol–water partition coefficient (Wildman–Crippen LogP) is 3.57. The van der Waals surface area contributed by atoms with Gasteiger partial charge in [0, 0.05) is 15.6 Å². The van der Waals surface area contributed by atoms with Gasteiger partial charge >= 0.3 is 5.97 Å². The Kier molecular flexibility index (Phi) is 7.25. The first kappa shape index (κ1) is 15.2. The fraction of sp³-hybridized carbons (Fsp3) is 0.143. The van der Waals surface area contributed by atoms with E-state index in [1.807, 2.05) is 17.5 Å². The summed E-state index contributed by atoms with van der Waals surface area (Å²) in [4.78, 5) is 12.0. The fourth-order valence-electron chi connectivity index (χ4n) is 1.01. The number of thiophene rings is 2. The Morgan fingerprint density at radius 1 is 1.53 bits per heavy atom. The second-order valence-corrected chi connectivity index (χ2v) is 4.73. The van der Waals surface area contributed by atoms with Crippen LogP contribution in [0.3, 0.4) is 0 Å². The number of carbonyl (C=O) groups excluding carboxylic acids is 1. The molecule has 2 radical (unpaired) electrons. The lowest BCUT2D eigenvalue weighted by Gasteiger charge is -1.97. The van der Waals surface area contributed by atoms with Gasteiger partial charge in [-0.1, -0.05) is 6.07 Å². The molecule has 0 N–H and O–H groups in total. The Hall–Kier alpha value is -1.90. The SMILES string of the molecule is CCOC(=O)C(C#N)=Cc1cc[c]s1.[c]1cccs1. The lowest BCUT2D eigenvalue weighted by atomic mass is 10.2. The van der Waals surface area contributed by atoms with Crippen LogP contribution < -0.4 is 0 Å². The molecule has 0 fully saturated rings. The standard InChI is InChI=1S/C10H8NO2S.C4H3S/c1-2-13-10(12)8(7-11)6-9-4-3-5-14-9;1-2-4-5-3-1/h3-4,6H,2H2,1H3;1-3H. The van der Waals surface area contributed by atoms with Crippen LogP contribution in [-0.2, 0) is 9.53 Å². The zero-order valence-electron chi connectivity index (χ0n) is 10.3. The second-order valence-electron chi connectivity index (χ2n) is 3.08. The van der Waals surface area contributed by atoms with Crippen molar-refractivity contribution >= 4 is 34.7 Å². The van der Waals surface area contributed by atoms with E-state index in [-0.39, 0.29) is 12.2 Å². The summed E-state index contributed by atoms with van der Waals surface area (Å²) in [6.07, 6.45) is 1.50. The van der Waals surface area contributed by atoms with Crippen molar-refractivity contribution in [1.82, 2.24) is 0 Å². The molecule has 5 heteroatoms. The summed E-state index contributed by atoms with van der Waals surface area (Å²) in [6, 6.07) is 9.17. The predicted molar refractivity (Wildman–Crippen MR) is 76.5 cm³/mol. The summed E-state index contributed by atoms with van der Waals surface area (Å²) in [5.41, 5.74) is 0.0164. The topological polar surface area (TPSA) is 50.1 Å². The molecule has 0 unspecified atom stereocenters. The Balaban J connectivity index is 0.000000300. The summed E-state index contributed by atoms with van der Waals surface area (Å²) in [7, 11) is 0. The van der Waals surface area contributed by atoms with Crippen LogP contribution in [0.2, 0.25) is 0 Å². The Morgan fingerprint density at radius 3 is 2.79 bits per heavy atom. The van der Waals surface area contributed by atoms with E-state index in [2.05, 4.69) is 10.8 Å². The molecule has 96 valence electrons. The first-order valence-corrected chi connectivity index (χ1v) is 7.12. The maximum absolute atomic E-state index is 11.2. The number of ether oxygens (including phenoxy) is 1. The number of esters is 1. The average Bonchev–Trinajstić information content (AvgIpc) is 3.11. The maximum Gasteiger partial charge on any atom is 0.348 e. The van der Waals surface area contributed by atoms with E-state index in [1.54, 1.807) is 36.5 Å². The summed E-state index contributed by atoms with van der Waals surface area (Å²) in [5, 5.41) is 16.5. The van der Waals surface area contributed by atoms with Crippen LogP contribution in [0.4, 0.5) is 0 Å². The van der Waals surface area contributed by atoms with Crippen molar-refractivity contribution in [3.63, 3.8) is 0 Å². The monoisotopic (exact) mass is 289 g/mol. The molecule has 2 heterocycles. The van der Waals surface area contributed by atoms with Crippen LogP contribution in [0, 0.1) is 22.1 Å². The molecule has 0 aliphatic rings. The number of rotatable bonds is 3. The van der Waals surface area contributed by atoms with Gasteiger partial charge in [0.25, 0.3) is 0 Å². The fourth-order valence-corrected chi connectivity index (χ4v) is 1.99. The summed E-state index contributed by atoms with van der Waals surface area (Å²) < 4.78 is 4.71. The van der Waals surface area contributed by atoms with E-state index in [0.29, 0.717) is 0 Å². The molecule has 0 atom stereocenters. The average molecular weight is 289 g/mol. The van der Waals surface area contributed by atoms with E-state index in [0.717, 1.165) is 4.88 Å². The molecular formula is C14H11NO2S2. The largest absolute Gasteiger partial charge is 0.462 e. The van der Waals surface area contributed by atoms with Crippen LogP contribution in [-0.4, -0.2) is 12.6 Å². The van der Waals surface area contributed by atoms with Gasteiger partial charge in [-0.2, -0.15) is 5.26 Å². The van der Waals surface area contributed by atoms with E-state index >= 15 is 0 Å². The number of nitrogens with zero attached hydrogens (tertiary/aromatic N) is 1. The summed E-state index contributed by atoms with van der Waals surface area (Å²) >= 11 is 2.93. The van der Waals surface area contributed by atoms with Gasteiger partial charge in [0.15, 0.2) is 0 Å². The van der Waals surface area contributed by atoms with Gasteiger partial charge in [-0.05, 0) is 36.6 Å². The van der Waals surface area contributed by atoms with Gasteiger partial charge in [0.1, 0.15) is 11.6 Å². The molecule has 0 aromatic carbocycles. The number of carbonyl (C=O) groups is 1. The first-order chi connectivity index (χ1) is 9.27. The molecule has 0 amide bonds. The van der Waals surface area contributed by atoms with Crippen LogP contribution >= 0.6 is 22.7 Å².